The van der Waals surface area contributed by atoms with Crippen molar-refractivity contribution in [3.8, 4) is 0 Å². The Balaban J connectivity index is 2.07. The van der Waals surface area contributed by atoms with Gasteiger partial charge in [-0.2, -0.15) is 0 Å². The second-order valence-corrected chi connectivity index (χ2v) is 6.75. The average molecular weight is 262 g/mol. The van der Waals surface area contributed by atoms with Gasteiger partial charge in [0, 0.05) is 6.04 Å². The van der Waals surface area contributed by atoms with Crippen molar-refractivity contribution in [3.63, 3.8) is 0 Å². The van der Waals surface area contributed by atoms with Crippen LogP contribution in [0.1, 0.15) is 51.9 Å². The molecule has 4 nitrogen and oxygen atoms in total. The third-order valence-corrected chi connectivity index (χ3v) is 4.66. The topological polar surface area (TPSA) is 58.2 Å². The smallest absolute Gasteiger partial charge is 0.211 e. The van der Waals surface area contributed by atoms with Crippen LogP contribution in [0.4, 0.5) is 0 Å². The summed E-state index contributed by atoms with van der Waals surface area (Å²) in [6.45, 7) is 4.07. The molecule has 0 aromatic heterocycles. The van der Waals surface area contributed by atoms with E-state index in [0.29, 0.717) is 0 Å². The maximum atomic E-state index is 11.7. The first kappa shape index (κ1) is 14.9. The van der Waals surface area contributed by atoms with E-state index < -0.39 is 10.0 Å². The molecule has 1 fully saturated rings. The summed E-state index contributed by atoms with van der Waals surface area (Å²) >= 11 is 0. The van der Waals surface area contributed by atoms with E-state index in [2.05, 4.69) is 17.0 Å². The van der Waals surface area contributed by atoms with Crippen molar-refractivity contribution in [2.24, 2.45) is 0 Å². The molecule has 0 spiro atoms. The van der Waals surface area contributed by atoms with Crippen molar-refractivity contribution in [1.82, 2.24) is 10.0 Å². The quantitative estimate of drug-likeness (QED) is 0.621. The molecule has 1 rings (SSSR count). The molecule has 0 saturated heterocycles. The minimum absolute atomic E-state index is 0.207. The van der Waals surface area contributed by atoms with Crippen LogP contribution in [-0.2, 0) is 10.0 Å². The van der Waals surface area contributed by atoms with Crippen LogP contribution < -0.4 is 10.0 Å². The van der Waals surface area contributed by atoms with Crippen LogP contribution in [0.25, 0.3) is 0 Å². The van der Waals surface area contributed by atoms with E-state index in [4.69, 9.17) is 0 Å². The highest BCUT2D eigenvalue weighted by molar-refractivity contribution is 7.89. The van der Waals surface area contributed by atoms with Crippen LogP contribution in [0.3, 0.4) is 0 Å². The van der Waals surface area contributed by atoms with E-state index >= 15 is 0 Å². The van der Waals surface area contributed by atoms with Gasteiger partial charge in [-0.3, -0.25) is 0 Å². The molecular formula is C12H26N2O2S. The zero-order valence-electron chi connectivity index (χ0n) is 10.9. The second kappa shape index (κ2) is 8.06. The van der Waals surface area contributed by atoms with Crippen LogP contribution in [0.5, 0.6) is 0 Å². The fourth-order valence-corrected chi connectivity index (χ4v) is 3.65. The van der Waals surface area contributed by atoms with Gasteiger partial charge in [0.2, 0.25) is 10.0 Å². The molecule has 0 aliphatic heterocycles. The fourth-order valence-electron chi connectivity index (χ4n) is 2.20. The zero-order valence-corrected chi connectivity index (χ0v) is 11.7. The third-order valence-electron chi connectivity index (χ3n) is 3.14. The largest absolute Gasteiger partial charge is 0.317 e. The average Bonchev–Trinajstić information content (AvgIpc) is 2.75. The van der Waals surface area contributed by atoms with Crippen molar-refractivity contribution in [2.45, 2.75) is 57.9 Å². The van der Waals surface area contributed by atoms with Crippen molar-refractivity contribution >= 4 is 10.0 Å². The molecule has 0 aromatic rings. The van der Waals surface area contributed by atoms with Crippen LogP contribution in [0, 0.1) is 0 Å². The lowest BCUT2D eigenvalue weighted by atomic mass is 10.3. The molecule has 102 valence electrons. The first-order valence-electron chi connectivity index (χ1n) is 6.85. The Morgan fingerprint density at radius 1 is 1.12 bits per heavy atom. The van der Waals surface area contributed by atoms with Gasteiger partial charge in [0.1, 0.15) is 0 Å². The summed E-state index contributed by atoms with van der Waals surface area (Å²) in [7, 11) is -3.04. The van der Waals surface area contributed by atoms with E-state index in [0.717, 1.165) is 58.0 Å². The Kier molecular flexibility index (Phi) is 7.08. The Bertz CT molecular complexity index is 285. The second-order valence-electron chi connectivity index (χ2n) is 4.88. The molecule has 5 heteroatoms. The molecule has 1 aliphatic carbocycles. The Morgan fingerprint density at radius 2 is 1.82 bits per heavy atom. The molecule has 17 heavy (non-hydrogen) atoms. The highest BCUT2D eigenvalue weighted by atomic mass is 32.2. The summed E-state index contributed by atoms with van der Waals surface area (Å²) in [5.74, 6) is 0.275. The van der Waals surface area contributed by atoms with Crippen LogP contribution in [0.15, 0.2) is 0 Å². The number of nitrogens with one attached hydrogen (secondary N) is 2. The molecule has 0 amide bonds. The van der Waals surface area contributed by atoms with E-state index in [9.17, 15) is 8.42 Å². The number of rotatable bonds is 9. The van der Waals surface area contributed by atoms with E-state index in [1.807, 2.05) is 0 Å². The number of unbranched alkanes of at least 4 members (excludes halogenated alkanes) is 1. The van der Waals surface area contributed by atoms with Crippen molar-refractivity contribution in [1.29, 1.82) is 0 Å². The predicted octanol–water partition coefficient (Wildman–Crippen LogP) is 1.63. The molecule has 0 unspecified atom stereocenters. The standard InChI is InChI=1S/C12H26N2O2S/c1-2-9-13-10-5-6-11-17(15,16)14-12-7-3-4-8-12/h12-14H,2-11H2,1H3. The van der Waals surface area contributed by atoms with Crippen molar-refractivity contribution < 1.29 is 8.42 Å². The molecule has 0 bridgehead atoms. The van der Waals surface area contributed by atoms with Gasteiger partial charge in [0.15, 0.2) is 0 Å². The molecule has 0 atom stereocenters. The molecule has 1 saturated carbocycles. The van der Waals surface area contributed by atoms with Crippen LogP contribution >= 0.6 is 0 Å². The normalized spacial score (nSPS) is 17.7. The SMILES string of the molecule is CCCNCCCCS(=O)(=O)NC1CCCC1. The summed E-state index contributed by atoms with van der Waals surface area (Å²) in [6, 6.07) is 0.207. The summed E-state index contributed by atoms with van der Waals surface area (Å²) in [5.41, 5.74) is 0. The molecule has 0 aromatic carbocycles. The summed E-state index contributed by atoms with van der Waals surface area (Å²) < 4.78 is 26.3. The first-order valence-corrected chi connectivity index (χ1v) is 8.50. The van der Waals surface area contributed by atoms with Gasteiger partial charge >= 0.3 is 0 Å². The highest BCUT2D eigenvalue weighted by Crippen LogP contribution is 2.18. The predicted molar refractivity (Wildman–Crippen MR) is 71.6 cm³/mol. The van der Waals surface area contributed by atoms with Crippen molar-refractivity contribution in [3.05, 3.63) is 0 Å². The zero-order chi connectivity index (χ0) is 12.6. The Labute approximate surface area is 106 Å². The van der Waals surface area contributed by atoms with Crippen molar-refractivity contribution in [2.75, 3.05) is 18.8 Å². The Hall–Kier alpha value is -0.130. The first-order chi connectivity index (χ1) is 8.14. The van der Waals surface area contributed by atoms with Gasteiger partial charge in [-0.1, -0.05) is 19.8 Å². The fraction of sp³-hybridized carbons (Fsp3) is 1.00. The van der Waals surface area contributed by atoms with E-state index in [1.54, 1.807) is 0 Å². The third kappa shape index (κ3) is 7.01. The van der Waals surface area contributed by atoms with Gasteiger partial charge in [-0.15, -0.1) is 0 Å². The highest BCUT2D eigenvalue weighted by Gasteiger charge is 2.20. The lowest BCUT2D eigenvalue weighted by molar-refractivity contribution is 0.546. The van der Waals surface area contributed by atoms with Crippen LogP contribution in [-0.4, -0.2) is 33.3 Å². The summed E-state index contributed by atoms with van der Waals surface area (Å²) in [4.78, 5) is 0. The molecular weight excluding hydrogens is 236 g/mol. The van der Waals surface area contributed by atoms with Gasteiger partial charge in [-0.25, -0.2) is 13.1 Å². The molecule has 0 heterocycles. The lowest BCUT2D eigenvalue weighted by Crippen LogP contribution is -2.34. The maximum Gasteiger partial charge on any atom is 0.211 e. The van der Waals surface area contributed by atoms with Crippen LogP contribution in [0.2, 0.25) is 0 Å². The maximum absolute atomic E-state index is 11.7. The molecule has 2 N–H and O–H groups in total. The monoisotopic (exact) mass is 262 g/mol. The number of sulfonamides is 1. The van der Waals surface area contributed by atoms with Gasteiger partial charge < -0.3 is 5.32 Å². The van der Waals surface area contributed by atoms with E-state index in [1.165, 1.54) is 0 Å². The number of hydrogen-bond donors (Lipinski definition) is 2. The van der Waals surface area contributed by atoms with Gasteiger partial charge in [0.05, 0.1) is 5.75 Å². The number of hydrogen-bond acceptors (Lipinski definition) is 3. The summed E-state index contributed by atoms with van der Waals surface area (Å²) in [6.07, 6.45) is 7.16. The van der Waals surface area contributed by atoms with E-state index in [-0.39, 0.29) is 11.8 Å². The summed E-state index contributed by atoms with van der Waals surface area (Å²) in [5, 5.41) is 3.28. The Morgan fingerprint density at radius 3 is 2.47 bits per heavy atom. The minimum atomic E-state index is -3.04. The molecule has 1 aliphatic rings. The lowest BCUT2D eigenvalue weighted by Gasteiger charge is -2.12. The van der Waals surface area contributed by atoms with Gasteiger partial charge in [-0.05, 0) is 45.2 Å². The van der Waals surface area contributed by atoms with Gasteiger partial charge in [0.25, 0.3) is 0 Å². The minimum Gasteiger partial charge on any atom is -0.317 e. The molecule has 0 radical (unpaired) electrons.